The van der Waals surface area contributed by atoms with Gasteiger partial charge in [0.2, 0.25) is 0 Å². The first-order chi connectivity index (χ1) is 10.1. The van der Waals surface area contributed by atoms with Crippen molar-refractivity contribution in [3.05, 3.63) is 0 Å². The van der Waals surface area contributed by atoms with E-state index in [0.717, 1.165) is 25.7 Å². The van der Waals surface area contributed by atoms with Crippen LogP contribution in [0.3, 0.4) is 0 Å². The number of hydrogen-bond acceptors (Lipinski definition) is 5. The van der Waals surface area contributed by atoms with Crippen molar-refractivity contribution >= 4 is 11.9 Å². The predicted molar refractivity (Wildman–Crippen MR) is 84.1 cm³/mol. The molecule has 0 aromatic carbocycles. The third-order valence-electron chi connectivity index (χ3n) is 4.19. The van der Waals surface area contributed by atoms with Gasteiger partial charge in [0, 0.05) is 6.04 Å². The molecule has 22 heavy (non-hydrogen) atoms. The molecule has 128 valence electrons. The van der Waals surface area contributed by atoms with Crippen LogP contribution in [0.4, 0.5) is 0 Å². The van der Waals surface area contributed by atoms with E-state index in [2.05, 4.69) is 0 Å². The minimum Gasteiger partial charge on any atom is -0.480 e. The fourth-order valence-electron chi connectivity index (χ4n) is 2.98. The van der Waals surface area contributed by atoms with E-state index in [9.17, 15) is 9.59 Å². The van der Waals surface area contributed by atoms with Crippen molar-refractivity contribution < 1.29 is 19.4 Å². The van der Waals surface area contributed by atoms with Crippen LogP contribution in [-0.2, 0) is 14.3 Å². The second-order valence-corrected chi connectivity index (χ2v) is 7.32. The second kappa shape index (κ2) is 7.92. The Bertz CT molecular complexity index is 386. The van der Waals surface area contributed by atoms with Crippen LogP contribution in [0.25, 0.3) is 0 Å². The first-order valence-corrected chi connectivity index (χ1v) is 8.08. The molecule has 5 N–H and O–H groups in total. The maximum atomic E-state index is 12.5. The summed E-state index contributed by atoms with van der Waals surface area (Å²) in [4.78, 5) is 23.5. The Hall–Kier alpha value is -1.14. The largest absolute Gasteiger partial charge is 0.480 e. The molecule has 0 bridgehead atoms. The van der Waals surface area contributed by atoms with Gasteiger partial charge in [-0.2, -0.15) is 0 Å². The third kappa shape index (κ3) is 5.93. The highest BCUT2D eigenvalue weighted by Gasteiger charge is 2.37. The lowest BCUT2D eigenvalue weighted by Gasteiger charge is -2.32. The normalized spacial score (nSPS) is 21.0. The zero-order valence-corrected chi connectivity index (χ0v) is 13.9. The molecule has 0 radical (unpaired) electrons. The standard InChI is InChI=1S/C16H30N2O4/c1-16(2,3)22-15(21)11(12(17)13(18)14(19)20)9-10-7-5-4-6-8-10/h10-13H,4-9,17-18H2,1-3H3,(H,19,20). The third-order valence-corrected chi connectivity index (χ3v) is 4.19. The molecule has 1 aliphatic rings. The van der Waals surface area contributed by atoms with Crippen LogP contribution in [0.2, 0.25) is 0 Å². The first kappa shape index (κ1) is 18.9. The van der Waals surface area contributed by atoms with E-state index in [0.29, 0.717) is 12.3 Å². The maximum Gasteiger partial charge on any atom is 0.322 e. The summed E-state index contributed by atoms with van der Waals surface area (Å²) in [5.74, 6) is -1.92. The van der Waals surface area contributed by atoms with E-state index in [1.165, 1.54) is 6.42 Å². The van der Waals surface area contributed by atoms with Gasteiger partial charge in [0.05, 0.1) is 5.92 Å². The van der Waals surface area contributed by atoms with E-state index in [-0.39, 0.29) is 0 Å². The number of hydrogen-bond donors (Lipinski definition) is 3. The van der Waals surface area contributed by atoms with Gasteiger partial charge in [-0.1, -0.05) is 32.1 Å². The van der Waals surface area contributed by atoms with Gasteiger partial charge >= 0.3 is 11.9 Å². The smallest absolute Gasteiger partial charge is 0.322 e. The molecule has 6 heteroatoms. The second-order valence-electron chi connectivity index (χ2n) is 7.32. The maximum absolute atomic E-state index is 12.5. The summed E-state index contributed by atoms with van der Waals surface area (Å²) in [5.41, 5.74) is 11.0. The topological polar surface area (TPSA) is 116 Å². The summed E-state index contributed by atoms with van der Waals surface area (Å²) in [6, 6.07) is -2.20. The van der Waals surface area contributed by atoms with Crippen molar-refractivity contribution in [1.29, 1.82) is 0 Å². The number of aliphatic carboxylic acids is 1. The van der Waals surface area contributed by atoms with E-state index < -0.39 is 35.5 Å². The van der Waals surface area contributed by atoms with Crippen LogP contribution in [0.5, 0.6) is 0 Å². The van der Waals surface area contributed by atoms with Crippen LogP contribution < -0.4 is 11.5 Å². The van der Waals surface area contributed by atoms with Crippen LogP contribution in [-0.4, -0.2) is 34.7 Å². The number of carboxylic acid groups (broad SMARTS) is 1. The molecule has 0 aliphatic heterocycles. The molecule has 1 saturated carbocycles. The monoisotopic (exact) mass is 314 g/mol. The van der Waals surface area contributed by atoms with Gasteiger partial charge in [0.15, 0.2) is 0 Å². The molecule has 0 aromatic heterocycles. The average Bonchev–Trinajstić information content (AvgIpc) is 2.42. The molecule has 0 heterocycles. The molecular weight excluding hydrogens is 284 g/mol. The van der Waals surface area contributed by atoms with Crippen molar-refractivity contribution in [3.8, 4) is 0 Å². The minimum atomic E-state index is -1.26. The van der Waals surface area contributed by atoms with Crippen LogP contribution in [0.15, 0.2) is 0 Å². The number of carbonyl (C=O) groups is 2. The van der Waals surface area contributed by atoms with Gasteiger partial charge in [0.1, 0.15) is 11.6 Å². The molecule has 3 atom stereocenters. The van der Waals surface area contributed by atoms with Gasteiger partial charge in [0.25, 0.3) is 0 Å². The lowest BCUT2D eigenvalue weighted by Crippen LogP contribution is -2.54. The number of nitrogens with two attached hydrogens (primary N) is 2. The summed E-state index contributed by atoms with van der Waals surface area (Å²) in [5, 5.41) is 9.06. The number of rotatable bonds is 6. The Morgan fingerprint density at radius 2 is 1.73 bits per heavy atom. The average molecular weight is 314 g/mol. The van der Waals surface area contributed by atoms with Gasteiger partial charge in [-0.3, -0.25) is 9.59 Å². The quantitative estimate of drug-likeness (QED) is 0.642. The highest BCUT2D eigenvalue weighted by atomic mass is 16.6. The highest BCUT2D eigenvalue weighted by Crippen LogP contribution is 2.31. The van der Waals surface area contributed by atoms with Gasteiger partial charge in [-0.05, 0) is 33.1 Å². The van der Waals surface area contributed by atoms with Crippen molar-refractivity contribution in [2.24, 2.45) is 23.3 Å². The van der Waals surface area contributed by atoms with E-state index in [4.69, 9.17) is 21.3 Å². The van der Waals surface area contributed by atoms with Crippen LogP contribution >= 0.6 is 0 Å². The van der Waals surface area contributed by atoms with Crippen LogP contribution in [0.1, 0.15) is 59.3 Å². The zero-order valence-electron chi connectivity index (χ0n) is 13.9. The first-order valence-electron chi connectivity index (χ1n) is 8.08. The van der Waals surface area contributed by atoms with Gasteiger partial charge in [-0.25, -0.2) is 0 Å². The van der Waals surface area contributed by atoms with E-state index in [1.54, 1.807) is 20.8 Å². The summed E-state index contributed by atoms with van der Waals surface area (Å²) in [7, 11) is 0. The molecule has 1 aliphatic carbocycles. The predicted octanol–water partition coefficient (Wildman–Crippen LogP) is 1.65. The minimum absolute atomic E-state index is 0.387. The zero-order chi connectivity index (χ0) is 16.9. The Morgan fingerprint density at radius 1 is 1.18 bits per heavy atom. The summed E-state index contributed by atoms with van der Waals surface area (Å²) < 4.78 is 5.43. The Morgan fingerprint density at radius 3 is 2.18 bits per heavy atom. The summed E-state index contributed by atoms with van der Waals surface area (Å²) >= 11 is 0. The molecule has 0 saturated heterocycles. The van der Waals surface area contributed by atoms with Crippen molar-refractivity contribution in [1.82, 2.24) is 0 Å². The summed E-state index contributed by atoms with van der Waals surface area (Å²) in [6.07, 6.45) is 6.16. The van der Waals surface area contributed by atoms with E-state index in [1.807, 2.05) is 0 Å². The number of esters is 1. The highest BCUT2D eigenvalue weighted by molar-refractivity contribution is 5.78. The molecule has 1 fully saturated rings. The number of ether oxygens (including phenoxy) is 1. The Kier molecular flexibility index (Phi) is 6.81. The van der Waals surface area contributed by atoms with E-state index >= 15 is 0 Å². The molecule has 0 aromatic rings. The SMILES string of the molecule is CC(C)(C)OC(=O)C(CC1CCCCC1)C(N)C(N)C(=O)O. The lowest BCUT2D eigenvalue weighted by atomic mass is 9.79. The fourth-order valence-corrected chi connectivity index (χ4v) is 2.98. The molecule has 6 nitrogen and oxygen atoms in total. The fraction of sp³-hybridized carbons (Fsp3) is 0.875. The van der Waals surface area contributed by atoms with Crippen LogP contribution in [0, 0.1) is 11.8 Å². The molecule has 3 unspecified atom stereocenters. The molecule has 0 amide bonds. The Labute approximate surface area is 132 Å². The lowest BCUT2D eigenvalue weighted by molar-refractivity contribution is -0.162. The Balaban J connectivity index is 2.83. The van der Waals surface area contributed by atoms with Crippen molar-refractivity contribution in [2.45, 2.75) is 77.0 Å². The molecule has 1 rings (SSSR count). The molecule has 0 spiro atoms. The van der Waals surface area contributed by atoms with Gasteiger partial charge in [-0.15, -0.1) is 0 Å². The molecular formula is C16H30N2O4. The summed E-state index contributed by atoms with van der Waals surface area (Å²) in [6.45, 7) is 5.35. The van der Waals surface area contributed by atoms with Gasteiger partial charge < -0.3 is 21.3 Å². The number of carbonyl (C=O) groups excluding carboxylic acids is 1. The number of carboxylic acids is 1. The van der Waals surface area contributed by atoms with Crippen molar-refractivity contribution in [2.75, 3.05) is 0 Å². The van der Waals surface area contributed by atoms with Crippen molar-refractivity contribution in [3.63, 3.8) is 0 Å².